The second-order valence-corrected chi connectivity index (χ2v) is 7.39. The minimum Gasteiger partial charge on any atom is -0.295 e. The molecule has 0 amide bonds. The highest BCUT2D eigenvalue weighted by Gasteiger charge is 2.11. The van der Waals surface area contributed by atoms with Crippen LogP contribution in [0.3, 0.4) is 0 Å². The Hall–Kier alpha value is -2.75. The van der Waals surface area contributed by atoms with E-state index in [2.05, 4.69) is 15.5 Å². The second-order valence-electron chi connectivity index (χ2n) is 6.13. The number of aryl methyl sites for hydroxylation is 3. The van der Waals surface area contributed by atoms with Gasteiger partial charge in [-0.05, 0) is 74.0 Å². The Bertz CT molecular complexity index is 1140. The minimum atomic E-state index is -0.190. The maximum Gasteiger partial charge on any atom is 0.280 e. The molecule has 0 aliphatic rings. The Morgan fingerprint density at radius 1 is 1.22 bits per heavy atom. The third-order valence-electron chi connectivity index (χ3n) is 4.17. The molecule has 3 rings (SSSR count). The third kappa shape index (κ3) is 4.00. The van der Waals surface area contributed by atoms with Crippen molar-refractivity contribution >= 4 is 35.3 Å². The summed E-state index contributed by atoms with van der Waals surface area (Å²) in [6, 6.07) is 10.9. The Morgan fingerprint density at radius 3 is 2.70 bits per heavy atom. The predicted octanol–water partition coefficient (Wildman–Crippen LogP) is 5.07. The molecule has 0 saturated heterocycles. The van der Waals surface area contributed by atoms with Crippen molar-refractivity contribution in [1.82, 2.24) is 9.78 Å². The lowest BCUT2D eigenvalue weighted by Gasteiger charge is -2.05. The van der Waals surface area contributed by atoms with Crippen molar-refractivity contribution in [2.45, 2.75) is 25.7 Å². The molecule has 2 aromatic carbocycles. The maximum atomic E-state index is 12.8. The molecule has 27 heavy (non-hydrogen) atoms. The Kier molecular flexibility index (Phi) is 5.54. The van der Waals surface area contributed by atoms with Gasteiger partial charge in [-0.3, -0.25) is 14.9 Å². The molecule has 7 heteroatoms. The van der Waals surface area contributed by atoms with Gasteiger partial charge in [0.15, 0.2) is 0 Å². The van der Waals surface area contributed by atoms with Gasteiger partial charge in [0.25, 0.3) is 5.56 Å². The fraction of sp³-hybridized carbons (Fsp3) is 0.150. The number of nitrogens with one attached hydrogen (secondary N) is 1. The summed E-state index contributed by atoms with van der Waals surface area (Å²) in [5.74, 6) is 0. The number of halogens is 1. The van der Waals surface area contributed by atoms with Crippen molar-refractivity contribution in [3.05, 3.63) is 74.2 Å². The number of thioether (sulfide) groups is 1. The number of thiocyanates is 1. The van der Waals surface area contributed by atoms with E-state index in [1.54, 1.807) is 24.4 Å². The van der Waals surface area contributed by atoms with E-state index in [-0.39, 0.29) is 5.56 Å². The molecule has 0 radical (unpaired) electrons. The van der Waals surface area contributed by atoms with Gasteiger partial charge in [0.1, 0.15) is 5.40 Å². The predicted molar refractivity (Wildman–Crippen MR) is 111 cm³/mol. The van der Waals surface area contributed by atoms with Crippen LogP contribution in [0.5, 0.6) is 0 Å². The summed E-state index contributed by atoms with van der Waals surface area (Å²) in [6.45, 7) is 5.70. The Morgan fingerprint density at radius 2 is 2.00 bits per heavy atom. The van der Waals surface area contributed by atoms with E-state index in [0.717, 1.165) is 39.2 Å². The normalized spacial score (nSPS) is 11.1. The summed E-state index contributed by atoms with van der Waals surface area (Å²) in [5.41, 5.74) is 4.37. The van der Waals surface area contributed by atoms with Crippen molar-refractivity contribution in [2.75, 3.05) is 0 Å². The van der Waals surface area contributed by atoms with Gasteiger partial charge in [-0.2, -0.15) is 5.26 Å². The maximum absolute atomic E-state index is 12.8. The number of aromatic amines is 1. The van der Waals surface area contributed by atoms with Crippen molar-refractivity contribution in [3.8, 4) is 11.1 Å². The zero-order valence-electron chi connectivity index (χ0n) is 15.1. The molecule has 0 fully saturated rings. The highest BCUT2D eigenvalue weighted by Crippen LogP contribution is 2.29. The average molecular weight is 397 g/mol. The van der Waals surface area contributed by atoms with E-state index in [0.29, 0.717) is 16.3 Å². The summed E-state index contributed by atoms with van der Waals surface area (Å²) < 4.78 is 1.45. The van der Waals surface area contributed by atoms with Crippen LogP contribution < -0.4 is 5.56 Å². The largest absolute Gasteiger partial charge is 0.295 e. The van der Waals surface area contributed by atoms with Crippen LogP contribution in [0.25, 0.3) is 5.69 Å². The third-order valence-corrected chi connectivity index (χ3v) is 5.15. The van der Waals surface area contributed by atoms with Gasteiger partial charge in [-0.15, -0.1) is 0 Å². The molecule has 0 spiro atoms. The molecular formula is C20H17ClN4OS. The number of nitriles is 1. The smallest absolute Gasteiger partial charge is 0.280 e. The summed E-state index contributed by atoms with van der Waals surface area (Å²) in [7, 11) is 0. The lowest BCUT2D eigenvalue weighted by atomic mass is 10.1. The van der Waals surface area contributed by atoms with E-state index in [9.17, 15) is 4.79 Å². The summed E-state index contributed by atoms with van der Waals surface area (Å²) in [6.07, 6.45) is 1.58. The van der Waals surface area contributed by atoms with Crippen LogP contribution in [0.4, 0.5) is 5.69 Å². The van der Waals surface area contributed by atoms with Gasteiger partial charge in [0, 0.05) is 21.8 Å². The molecule has 136 valence electrons. The van der Waals surface area contributed by atoms with Gasteiger partial charge in [-0.25, -0.2) is 4.68 Å². The highest BCUT2D eigenvalue weighted by atomic mass is 35.5. The van der Waals surface area contributed by atoms with E-state index in [4.69, 9.17) is 16.9 Å². The molecule has 1 heterocycles. The number of H-pyrrole nitrogens is 1. The lowest BCUT2D eigenvalue weighted by molar-refractivity contribution is 0.835. The fourth-order valence-corrected chi connectivity index (χ4v) is 3.45. The average Bonchev–Trinajstić information content (AvgIpc) is 2.91. The number of benzene rings is 2. The summed E-state index contributed by atoms with van der Waals surface area (Å²) >= 11 is 7.16. The molecule has 3 aromatic rings. The molecular weight excluding hydrogens is 380 g/mol. The lowest BCUT2D eigenvalue weighted by Crippen LogP contribution is -2.17. The van der Waals surface area contributed by atoms with Crippen molar-refractivity contribution < 1.29 is 0 Å². The molecule has 0 bridgehead atoms. The topological polar surface area (TPSA) is 73.9 Å². The molecule has 5 nitrogen and oxygen atoms in total. The first kappa shape index (κ1) is 19.0. The minimum absolute atomic E-state index is 0.190. The quantitative estimate of drug-likeness (QED) is 0.380. The number of hydrogen-bond acceptors (Lipinski definition) is 4. The van der Waals surface area contributed by atoms with E-state index in [1.807, 2.05) is 39.0 Å². The molecule has 0 aliphatic heterocycles. The van der Waals surface area contributed by atoms with Crippen LogP contribution in [0.2, 0.25) is 5.02 Å². The molecule has 0 aliphatic carbocycles. The molecule has 0 unspecified atom stereocenters. The molecule has 1 aromatic heterocycles. The van der Waals surface area contributed by atoms with Gasteiger partial charge in [-0.1, -0.05) is 17.7 Å². The first-order chi connectivity index (χ1) is 12.9. The first-order valence-electron chi connectivity index (χ1n) is 8.19. The van der Waals surface area contributed by atoms with Crippen LogP contribution in [0.15, 0.2) is 51.1 Å². The SMILES string of the molecule is Cc1cc(SC#N)c(C)cc1N=Cc1c(C)[nH]n(-c2cccc(Cl)c2)c1=O. The van der Waals surface area contributed by atoms with Gasteiger partial charge in [0.2, 0.25) is 0 Å². The zero-order valence-corrected chi connectivity index (χ0v) is 16.6. The monoisotopic (exact) mass is 396 g/mol. The highest BCUT2D eigenvalue weighted by molar-refractivity contribution is 8.03. The van der Waals surface area contributed by atoms with Gasteiger partial charge >= 0.3 is 0 Å². The van der Waals surface area contributed by atoms with Crippen LogP contribution in [0, 0.1) is 31.4 Å². The van der Waals surface area contributed by atoms with E-state index < -0.39 is 0 Å². The van der Waals surface area contributed by atoms with Crippen LogP contribution in [-0.4, -0.2) is 16.0 Å². The van der Waals surface area contributed by atoms with Gasteiger partial charge < -0.3 is 0 Å². The number of nitrogens with zero attached hydrogens (tertiary/aromatic N) is 3. The zero-order chi connectivity index (χ0) is 19.6. The Labute approximate surface area is 166 Å². The van der Waals surface area contributed by atoms with Gasteiger partial charge in [0.05, 0.1) is 16.9 Å². The summed E-state index contributed by atoms with van der Waals surface area (Å²) in [4.78, 5) is 18.2. The fourth-order valence-electron chi connectivity index (χ4n) is 2.72. The number of aromatic nitrogens is 2. The molecule has 0 saturated carbocycles. The first-order valence-corrected chi connectivity index (χ1v) is 9.39. The van der Waals surface area contributed by atoms with Crippen LogP contribution in [-0.2, 0) is 0 Å². The molecule has 1 N–H and O–H groups in total. The van der Waals surface area contributed by atoms with E-state index in [1.165, 1.54) is 4.68 Å². The van der Waals surface area contributed by atoms with Crippen LogP contribution in [0.1, 0.15) is 22.4 Å². The number of aliphatic imine (C=N–C) groups is 1. The summed E-state index contributed by atoms with van der Waals surface area (Å²) in [5, 5.41) is 14.6. The standard InChI is InChI=1S/C20H17ClN4OS/c1-12-8-19(27-11-22)13(2)7-18(12)23-10-17-14(3)24-25(20(17)26)16-6-4-5-15(21)9-16/h4-10,24H,1-3H3. The second kappa shape index (κ2) is 7.87. The molecule has 0 atom stereocenters. The van der Waals surface area contributed by atoms with Crippen molar-refractivity contribution in [1.29, 1.82) is 5.26 Å². The van der Waals surface area contributed by atoms with Crippen molar-refractivity contribution in [3.63, 3.8) is 0 Å². The van der Waals surface area contributed by atoms with Crippen LogP contribution >= 0.6 is 23.4 Å². The Balaban J connectivity index is 1.99. The van der Waals surface area contributed by atoms with E-state index >= 15 is 0 Å². The number of rotatable bonds is 4. The number of hydrogen-bond donors (Lipinski definition) is 1. The van der Waals surface area contributed by atoms with Crippen molar-refractivity contribution in [2.24, 2.45) is 4.99 Å².